The number of carbonyl (C=O) groups excluding carboxylic acids is 1. The molecule has 2 heterocycles. The van der Waals surface area contributed by atoms with Crippen molar-refractivity contribution in [2.45, 2.75) is 31.5 Å². The Kier molecular flexibility index (Phi) is 5.81. The molecule has 7 heteroatoms. The number of benzene rings is 2. The van der Waals surface area contributed by atoms with Gasteiger partial charge in [0.05, 0.1) is 18.9 Å². The predicted molar refractivity (Wildman–Crippen MR) is 118 cm³/mol. The maximum absolute atomic E-state index is 12.7. The highest BCUT2D eigenvalue weighted by Crippen LogP contribution is 2.38. The fourth-order valence-electron chi connectivity index (χ4n) is 4.79. The summed E-state index contributed by atoms with van der Waals surface area (Å²) >= 11 is 0. The van der Waals surface area contributed by atoms with Gasteiger partial charge in [0, 0.05) is 31.0 Å². The topological polar surface area (TPSA) is 87.7 Å². The second kappa shape index (κ2) is 9.04. The fourth-order valence-corrected chi connectivity index (χ4v) is 4.79. The van der Waals surface area contributed by atoms with E-state index in [2.05, 4.69) is 9.97 Å². The number of imidazole rings is 1. The van der Waals surface area contributed by atoms with Gasteiger partial charge in [0.15, 0.2) is 0 Å². The lowest BCUT2D eigenvalue weighted by Gasteiger charge is -2.35. The van der Waals surface area contributed by atoms with Gasteiger partial charge in [-0.15, -0.1) is 0 Å². The Morgan fingerprint density at radius 3 is 2.56 bits per heavy atom. The van der Waals surface area contributed by atoms with Crippen LogP contribution in [0.3, 0.4) is 0 Å². The molecule has 0 spiro atoms. The molecule has 1 saturated carbocycles. The van der Waals surface area contributed by atoms with E-state index in [1.165, 1.54) is 0 Å². The number of aromatic nitrogens is 2. The van der Waals surface area contributed by atoms with Crippen LogP contribution in [-0.4, -0.2) is 51.2 Å². The molecule has 0 unspecified atom stereocenters. The summed E-state index contributed by atoms with van der Waals surface area (Å²) in [5.74, 6) is 2.86. The minimum absolute atomic E-state index is 0.0985. The standard InChI is InChI=1S/C25H27N3O4/c29-23-9-17-14-28(25(30)11-19-13-26-16-27-19)15-18(17)10-24(23)32-22-8-4-7-21(12-22)31-20-5-2-1-3-6-20/h1-8,12-13,16-18,23-24,29H,9-11,14-15H2,(H,26,27)/t17-,18+,23+,24+/m0/s1. The number of nitrogens with one attached hydrogen (secondary N) is 1. The summed E-state index contributed by atoms with van der Waals surface area (Å²) < 4.78 is 12.1. The quantitative estimate of drug-likeness (QED) is 0.622. The van der Waals surface area contributed by atoms with Crippen LogP contribution < -0.4 is 9.47 Å². The zero-order valence-corrected chi connectivity index (χ0v) is 17.8. The molecule has 2 aromatic carbocycles. The van der Waals surface area contributed by atoms with Crippen molar-refractivity contribution < 1.29 is 19.4 Å². The van der Waals surface area contributed by atoms with Crippen molar-refractivity contribution in [1.29, 1.82) is 0 Å². The number of aromatic amines is 1. The third-order valence-corrected chi connectivity index (χ3v) is 6.41. The molecule has 7 nitrogen and oxygen atoms in total. The average molecular weight is 434 g/mol. The molecule has 3 aromatic rings. The van der Waals surface area contributed by atoms with Gasteiger partial charge in [0.25, 0.3) is 0 Å². The van der Waals surface area contributed by atoms with Crippen molar-refractivity contribution in [3.63, 3.8) is 0 Å². The van der Waals surface area contributed by atoms with Crippen molar-refractivity contribution in [3.05, 3.63) is 72.8 Å². The number of aliphatic hydroxyl groups excluding tert-OH is 1. The van der Waals surface area contributed by atoms with Crippen LogP contribution in [0.15, 0.2) is 67.1 Å². The van der Waals surface area contributed by atoms with Gasteiger partial charge < -0.3 is 24.5 Å². The number of ether oxygens (including phenoxy) is 2. The van der Waals surface area contributed by atoms with Crippen molar-refractivity contribution >= 4 is 5.91 Å². The summed E-state index contributed by atoms with van der Waals surface area (Å²) in [4.78, 5) is 21.5. The molecular weight excluding hydrogens is 406 g/mol. The van der Waals surface area contributed by atoms with Gasteiger partial charge >= 0.3 is 0 Å². The van der Waals surface area contributed by atoms with Crippen LogP contribution in [0.25, 0.3) is 0 Å². The van der Waals surface area contributed by atoms with E-state index in [4.69, 9.17) is 9.47 Å². The van der Waals surface area contributed by atoms with Gasteiger partial charge in [0.2, 0.25) is 5.91 Å². The number of nitrogens with zero attached hydrogens (tertiary/aromatic N) is 2. The van der Waals surface area contributed by atoms with Crippen LogP contribution in [0.4, 0.5) is 0 Å². The minimum atomic E-state index is -0.558. The zero-order valence-electron chi connectivity index (χ0n) is 17.8. The molecule has 4 atom stereocenters. The van der Waals surface area contributed by atoms with Crippen LogP contribution in [0.1, 0.15) is 18.5 Å². The van der Waals surface area contributed by atoms with Crippen LogP contribution in [0.5, 0.6) is 17.2 Å². The Labute approximate surface area is 187 Å². The molecule has 2 fully saturated rings. The number of likely N-dealkylation sites (tertiary alicyclic amines) is 1. The van der Waals surface area contributed by atoms with Crippen molar-refractivity contribution in [2.24, 2.45) is 11.8 Å². The third-order valence-electron chi connectivity index (χ3n) is 6.41. The van der Waals surface area contributed by atoms with Crippen LogP contribution in [-0.2, 0) is 11.2 Å². The van der Waals surface area contributed by atoms with Gasteiger partial charge in [-0.2, -0.15) is 0 Å². The van der Waals surface area contributed by atoms with Gasteiger partial charge in [-0.1, -0.05) is 24.3 Å². The number of para-hydroxylation sites is 1. The van der Waals surface area contributed by atoms with Crippen molar-refractivity contribution in [2.75, 3.05) is 13.1 Å². The lowest BCUT2D eigenvalue weighted by Crippen LogP contribution is -2.42. The Morgan fingerprint density at radius 1 is 1.03 bits per heavy atom. The van der Waals surface area contributed by atoms with E-state index in [0.29, 0.717) is 49.3 Å². The largest absolute Gasteiger partial charge is 0.488 e. The average Bonchev–Trinajstić information content (AvgIpc) is 3.45. The first-order valence-electron chi connectivity index (χ1n) is 11.1. The van der Waals surface area contributed by atoms with Gasteiger partial charge in [-0.3, -0.25) is 4.79 Å². The van der Waals surface area contributed by atoms with Gasteiger partial charge in [0.1, 0.15) is 23.4 Å². The summed E-state index contributed by atoms with van der Waals surface area (Å²) in [5.41, 5.74) is 0.823. The van der Waals surface area contributed by atoms with Gasteiger partial charge in [-0.05, 0) is 48.9 Å². The number of H-pyrrole nitrogens is 1. The first-order chi connectivity index (χ1) is 15.6. The van der Waals surface area contributed by atoms with Crippen LogP contribution in [0, 0.1) is 11.8 Å². The summed E-state index contributed by atoms with van der Waals surface area (Å²) in [6, 6.07) is 17.1. The Balaban J connectivity index is 1.20. The number of hydrogen-bond donors (Lipinski definition) is 2. The smallest absolute Gasteiger partial charge is 0.228 e. The molecule has 32 heavy (non-hydrogen) atoms. The maximum atomic E-state index is 12.7. The van der Waals surface area contributed by atoms with Crippen molar-refractivity contribution in [3.8, 4) is 17.2 Å². The molecule has 5 rings (SSSR count). The highest BCUT2D eigenvalue weighted by Gasteiger charge is 2.43. The molecule has 2 N–H and O–H groups in total. The summed E-state index contributed by atoms with van der Waals surface area (Å²) in [5, 5.41) is 10.7. The number of aliphatic hydroxyl groups is 1. The zero-order chi connectivity index (χ0) is 21.9. The Bertz CT molecular complexity index is 1040. The Morgan fingerprint density at radius 2 is 1.78 bits per heavy atom. The summed E-state index contributed by atoms with van der Waals surface area (Å²) in [7, 11) is 0. The van der Waals surface area contributed by atoms with Gasteiger partial charge in [-0.25, -0.2) is 4.98 Å². The second-order valence-corrected chi connectivity index (χ2v) is 8.66. The first kappa shape index (κ1) is 20.6. The third kappa shape index (κ3) is 4.62. The number of fused-ring (bicyclic) bond motifs is 1. The van der Waals surface area contributed by atoms with E-state index >= 15 is 0 Å². The van der Waals surface area contributed by atoms with Crippen LogP contribution in [0.2, 0.25) is 0 Å². The van der Waals surface area contributed by atoms with Crippen LogP contribution >= 0.6 is 0 Å². The SMILES string of the molecule is O=C(Cc1cnc[nH]1)N1C[C@H]2C[C@@H](Oc3cccc(Oc4ccccc4)c3)[C@H](O)C[C@H]2C1. The molecular formula is C25H27N3O4. The summed E-state index contributed by atoms with van der Waals surface area (Å²) in [6.45, 7) is 1.41. The molecule has 1 amide bonds. The normalized spacial score (nSPS) is 24.7. The van der Waals surface area contributed by atoms with E-state index in [-0.39, 0.29) is 12.0 Å². The molecule has 1 aliphatic heterocycles. The minimum Gasteiger partial charge on any atom is -0.488 e. The maximum Gasteiger partial charge on any atom is 0.228 e. The molecule has 1 saturated heterocycles. The van der Waals surface area contributed by atoms with E-state index in [0.717, 1.165) is 17.9 Å². The molecule has 2 aliphatic rings. The molecule has 0 radical (unpaired) electrons. The molecule has 0 bridgehead atoms. The number of carbonyl (C=O) groups is 1. The first-order valence-corrected chi connectivity index (χ1v) is 11.1. The number of amides is 1. The second-order valence-electron chi connectivity index (χ2n) is 8.66. The van der Waals surface area contributed by atoms with E-state index in [9.17, 15) is 9.90 Å². The number of rotatable bonds is 6. The van der Waals surface area contributed by atoms with E-state index < -0.39 is 6.10 Å². The van der Waals surface area contributed by atoms with E-state index in [1.807, 2.05) is 59.5 Å². The van der Waals surface area contributed by atoms with E-state index in [1.54, 1.807) is 12.5 Å². The lowest BCUT2D eigenvalue weighted by molar-refractivity contribution is -0.129. The number of hydrogen-bond acceptors (Lipinski definition) is 5. The lowest BCUT2D eigenvalue weighted by atomic mass is 9.78. The van der Waals surface area contributed by atoms with Crippen molar-refractivity contribution in [1.82, 2.24) is 14.9 Å². The molecule has 1 aromatic heterocycles. The molecule has 1 aliphatic carbocycles. The molecule has 166 valence electrons. The predicted octanol–water partition coefficient (Wildman–Crippen LogP) is 3.42. The Hall–Kier alpha value is -3.32. The summed E-state index contributed by atoms with van der Waals surface area (Å²) in [6.07, 6.45) is 4.11. The fraction of sp³-hybridized carbons (Fsp3) is 0.360. The highest BCUT2D eigenvalue weighted by molar-refractivity contribution is 5.78. The highest BCUT2D eigenvalue weighted by atomic mass is 16.5. The monoisotopic (exact) mass is 433 g/mol.